The highest BCUT2D eigenvalue weighted by Gasteiger charge is 2.16. The van der Waals surface area contributed by atoms with E-state index in [-0.39, 0.29) is 6.42 Å². The Balaban J connectivity index is 2.48. The third kappa shape index (κ3) is 9.77. The van der Waals surface area contributed by atoms with E-state index >= 15 is 0 Å². The van der Waals surface area contributed by atoms with Crippen molar-refractivity contribution in [3.63, 3.8) is 0 Å². The van der Waals surface area contributed by atoms with Gasteiger partial charge in [0.15, 0.2) is 0 Å². The fourth-order valence-electron chi connectivity index (χ4n) is 2.51. The standard InChI is InChI=1S/C19H31NO5S/c1-3-4-15-25-18-12-10-17(11-13-18)16-20(26(2,23)24)14-8-6-5-7-9-19(21)22/h10-13H,3-9,14-16H2,1-2H3,(H,21,22). The molecule has 1 aromatic rings. The van der Waals surface area contributed by atoms with Crippen LogP contribution in [0.2, 0.25) is 0 Å². The van der Waals surface area contributed by atoms with Crippen LogP contribution >= 0.6 is 0 Å². The van der Waals surface area contributed by atoms with Crippen LogP contribution in [-0.4, -0.2) is 43.2 Å². The third-order valence-electron chi connectivity index (χ3n) is 4.07. The SMILES string of the molecule is CCCCOc1ccc(CN(CCCCCCC(=O)O)S(C)(=O)=O)cc1. The molecule has 0 saturated carbocycles. The van der Waals surface area contributed by atoms with Gasteiger partial charge in [0, 0.05) is 19.5 Å². The molecular weight excluding hydrogens is 354 g/mol. The topological polar surface area (TPSA) is 83.9 Å². The molecule has 0 saturated heterocycles. The maximum absolute atomic E-state index is 12.0. The molecule has 0 bridgehead atoms. The van der Waals surface area contributed by atoms with Gasteiger partial charge in [0.1, 0.15) is 5.75 Å². The number of hydrogen-bond donors (Lipinski definition) is 1. The van der Waals surface area contributed by atoms with Crippen molar-refractivity contribution in [2.75, 3.05) is 19.4 Å². The van der Waals surface area contributed by atoms with E-state index in [9.17, 15) is 13.2 Å². The predicted molar refractivity (Wildman–Crippen MR) is 103 cm³/mol. The summed E-state index contributed by atoms with van der Waals surface area (Å²) in [5.74, 6) is 0.0106. The van der Waals surface area contributed by atoms with E-state index < -0.39 is 16.0 Å². The molecule has 6 nitrogen and oxygen atoms in total. The van der Waals surface area contributed by atoms with Gasteiger partial charge in [0.2, 0.25) is 10.0 Å². The molecule has 0 atom stereocenters. The summed E-state index contributed by atoms with van der Waals surface area (Å²) in [6, 6.07) is 7.54. The number of nitrogens with zero attached hydrogens (tertiary/aromatic N) is 1. The Morgan fingerprint density at radius 2 is 1.73 bits per heavy atom. The number of benzene rings is 1. The molecule has 0 aliphatic heterocycles. The molecule has 0 unspecified atom stereocenters. The van der Waals surface area contributed by atoms with Gasteiger partial charge in [-0.1, -0.05) is 38.3 Å². The van der Waals surface area contributed by atoms with Crippen LogP contribution in [-0.2, 0) is 21.4 Å². The van der Waals surface area contributed by atoms with Crippen molar-refractivity contribution in [3.8, 4) is 5.75 Å². The fraction of sp³-hybridized carbons (Fsp3) is 0.632. The van der Waals surface area contributed by atoms with E-state index in [4.69, 9.17) is 9.84 Å². The van der Waals surface area contributed by atoms with Crippen LogP contribution < -0.4 is 4.74 Å². The Morgan fingerprint density at radius 3 is 2.31 bits per heavy atom. The molecule has 0 amide bonds. The summed E-state index contributed by atoms with van der Waals surface area (Å²) in [6.45, 7) is 3.58. The Bertz CT molecular complexity index is 628. The zero-order valence-corrected chi connectivity index (χ0v) is 16.6. The molecule has 0 heterocycles. The van der Waals surface area contributed by atoms with E-state index in [1.165, 1.54) is 10.6 Å². The molecular formula is C19H31NO5S. The predicted octanol–water partition coefficient (Wildman–Crippen LogP) is 3.66. The highest BCUT2D eigenvalue weighted by Crippen LogP contribution is 2.16. The first-order chi connectivity index (χ1) is 12.3. The van der Waals surface area contributed by atoms with Gasteiger partial charge >= 0.3 is 5.97 Å². The minimum absolute atomic E-state index is 0.169. The monoisotopic (exact) mass is 385 g/mol. The van der Waals surface area contributed by atoms with Crippen molar-refractivity contribution >= 4 is 16.0 Å². The highest BCUT2D eigenvalue weighted by molar-refractivity contribution is 7.88. The van der Waals surface area contributed by atoms with Gasteiger partial charge in [-0.25, -0.2) is 8.42 Å². The molecule has 7 heteroatoms. The Kier molecular flexibility index (Phi) is 10.3. The molecule has 0 radical (unpaired) electrons. The van der Waals surface area contributed by atoms with Crippen molar-refractivity contribution < 1.29 is 23.1 Å². The average Bonchev–Trinajstić information content (AvgIpc) is 2.57. The molecule has 0 spiro atoms. The lowest BCUT2D eigenvalue weighted by Crippen LogP contribution is -2.30. The van der Waals surface area contributed by atoms with Crippen molar-refractivity contribution in [1.29, 1.82) is 0 Å². The lowest BCUT2D eigenvalue weighted by molar-refractivity contribution is -0.137. The minimum Gasteiger partial charge on any atom is -0.494 e. The molecule has 26 heavy (non-hydrogen) atoms. The molecule has 0 aromatic heterocycles. The summed E-state index contributed by atoms with van der Waals surface area (Å²) in [5.41, 5.74) is 0.921. The van der Waals surface area contributed by atoms with Crippen LogP contribution in [0.1, 0.15) is 57.4 Å². The van der Waals surface area contributed by atoms with Crippen LogP contribution in [0.5, 0.6) is 5.75 Å². The zero-order chi connectivity index (χ0) is 19.4. The van der Waals surface area contributed by atoms with Gasteiger partial charge in [-0.3, -0.25) is 4.79 Å². The smallest absolute Gasteiger partial charge is 0.303 e. The number of carbonyl (C=O) groups is 1. The number of carboxylic acids is 1. The first-order valence-electron chi connectivity index (χ1n) is 9.21. The Hall–Kier alpha value is -1.60. The highest BCUT2D eigenvalue weighted by atomic mass is 32.2. The second-order valence-electron chi connectivity index (χ2n) is 6.50. The summed E-state index contributed by atoms with van der Waals surface area (Å²) in [4.78, 5) is 10.5. The second-order valence-corrected chi connectivity index (χ2v) is 8.48. The van der Waals surface area contributed by atoms with Crippen molar-refractivity contribution in [3.05, 3.63) is 29.8 Å². The first kappa shape index (κ1) is 22.4. The number of rotatable bonds is 14. The average molecular weight is 386 g/mol. The largest absolute Gasteiger partial charge is 0.494 e. The third-order valence-corrected chi connectivity index (χ3v) is 5.32. The van der Waals surface area contributed by atoms with Gasteiger partial charge in [-0.05, 0) is 37.0 Å². The lowest BCUT2D eigenvalue weighted by atomic mass is 10.1. The molecule has 1 N–H and O–H groups in total. The first-order valence-corrected chi connectivity index (χ1v) is 11.1. The molecule has 0 aliphatic carbocycles. The van der Waals surface area contributed by atoms with E-state index in [0.717, 1.165) is 43.4 Å². The summed E-state index contributed by atoms with van der Waals surface area (Å²) in [5, 5.41) is 8.61. The van der Waals surface area contributed by atoms with E-state index in [2.05, 4.69) is 6.92 Å². The number of aliphatic carboxylic acids is 1. The number of carboxylic acid groups (broad SMARTS) is 1. The van der Waals surface area contributed by atoms with Crippen LogP contribution in [0.4, 0.5) is 0 Å². The van der Waals surface area contributed by atoms with Crippen LogP contribution in [0, 0.1) is 0 Å². The van der Waals surface area contributed by atoms with E-state index in [1.54, 1.807) is 0 Å². The Morgan fingerprint density at radius 1 is 1.08 bits per heavy atom. The summed E-state index contributed by atoms with van der Waals surface area (Å²) >= 11 is 0. The van der Waals surface area contributed by atoms with Crippen LogP contribution in [0.25, 0.3) is 0 Å². The number of hydrogen-bond acceptors (Lipinski definition) is 4. The normalized spacial score (nSPS) is 11.7. The van der Waals surface area contributed by atoms with Crippen LogP contribution in [0.15, 0.2) is 24.3 Å². The zero-order valence-electron chi connectivity index (χ0n) is 15.8. The number of unbranched alkanes of at least 4 members (excludes halogenated alkanes) is 4. The molecule has 0 aliphatic rings. The minimum atomic E-state index is -3.29. The van der Waals surface area contributed by atoms with E-state index in [0.29, 0.717) is 26.1 Å². The summed E-state index contributed by atoms with van der Waals surface area (Å²) < 4.78 is 31.1. The van der Waals surface area contributed by atoms with Crippen LogP contribution in [0.3, 0.4) is 0 Å². The van der Waals surface area contributed by atoms with Gasteiger partial charge in [0.25, 0.3) is 0 Å². The van der Waals surface area contributed by atoms with Crippen molar-refractivity contribution in [1.82, 2.24) is 4.31 Å². The lowest BCUT2D eigenvalue weighted by Gasteiger charge is -2.20. The molecule has 1 rings (SSSR count). The quantitative estimate of drug-likeness (QED) is 0.494. The van der Waals surface area contributed by atoms with Crippen molar-refractivity contribution in [2.24, 2.45) is 0 Å². The fourth-order valence-corrected chi connectivity index (χ4v) is 3.35. The molecule has 0 fully saturated rings. The van der Waals surface area contributed by atoms with Gasteiger partial charge in [-0.2, -0.15) is 4.31 Å². The summed E-state index contributed by atoms with van der Waals surface area (Å²) in [6.07, 6.45) is 6.46. The summed E-state index contributed by atoms with van der Waals surface area (Å²) in [7, 11) is -3.29. The molecule has 148 valence electrons. The number of sulfonamides is 1. The van der Waals surface area contributed by atoms with Gasteiger partial charge in [-0.15, -0.1) is 0 Å². The van der Waals surface area contributed by atoms with E-state index in [1.807, 2.05) is 24.3 Å². The maximum atomic E-state index is 12.0. The van der Waals surface area contributed by atoms with Gasteiger partial charge < -0.3 is 9.84 Å². The van der Waals surface area contributed by atoms with Crippen molar-refractivity contribution in [2.45, 2.75) is 58.4 Å². The Labute approximate surface area is 157 Å². The number of ether oxygens (including phenoxy) is 1. The maximum Gasteiger partial charge on any atom is 0.303 e. The molecule has 1 aromatic carbocycles. The second kappa shape index (κ2) is 11.9. The van der Waals surface area contributed by atoms with Gasteiger partial charge in [0.05, 0.1) is 12.9 Å².